The van der Waals surface area contributed by atoms with E-state index >= 15 is 0 Å². The molecule has 0 aliphatic carbocycles. The Morgan fingerprint density at radius 1 is 1.73 bits per heavy atom. The summed E-state index contributed by atoms with van der Waals surface area (Å²) in [6.45, 7) is 3.23. The van der Waals surface area contributed by atoms with Gasteiger partial charge in [0.1, 0.15) is 5.84 Å². The topological polar surface area (TPSA) is 95.9 Å². The summed E-state index contributed by atoms with van der Waals surface area (Å²) in [5, 5.41) is 10.7. The summed E-state index contributed by atoms with van der Waals surface area (Å²) < 4.78 is 11.2. The lowest BCUT2D eigenvalue weighted by Crippen LogP contribution is -2.19. The van der Waals surface area contributed by atoms with Gasteiger partial charge < -0.3 is 15.8 Å². The van der Waals surface area contributed by atoms with Gasteiger partial charge >= 0.3 is 0 Å². The molecular weight excluding hydrogens is 167 g/mol. The van der Waals surface area contributed by atoms with Crippen LogP contribution < -0.4 is 5.73 Å². The van der Waals surface area contributed by atoms with Gasteiger partial charge in [0.05, 0.1) is 6.16 Å². The third-order valence-corrected chi connectivity index (χ3v) is 3.71. The second kappa shape index (κ2) is 3.74. The van der Waals surface area contributed by atoms with E-state index in [1.807, 2.05) is 0 Å². The third-order valence-electron chi connectivity index (χ3n) is 1.32. The van der Waals surface area contributed by atoms with Gasteiger partial charge in [-0.25, -0.2) is 0 Å². The van der Waals surface area contributed by atoms with Crippen molar-refractivity contribution in [1.29, 1.82) is 0 Å². The molecule has 4 N–H and O–H groups in total. The first-order valence-electron chi connectivity index (χ1n) is 3.18. The summed E-state index contributed by atoms with van der Waals surface area (Å²) in [5.41, 5.74) is 4.71. The SMILES string of the molecule is CC(C)P(=O)(O)CC(N)=NO. The lowest BCUT2D eigenvalue weighted by Gasteiger charge is -2.13. The summed E-state index contributed by atoms with van der Waals surface area (Å²) >= 11 is 0. The molecule has 0 aromatic carbocycles. The molecule has 1 unspecified atom stereocenters. The molecule has 0 aliphatic rings. The monoisotopic (exact) mass is 180 g/mol. The molecule has 0 aromatic rings. The Bertz CT molecular complexity index is 202. The molecule has 66 valence electrons. The molecule has 0 saturated carbocycles. The minimum absolute atomic E-state index is 0.204. The van der Waals surface area contributed by atoms with Crippen LogP contribution in [0.2, 0.25) is 0 Å². The van der Waals surface area contributed by atoms with Gasteiger partial charge in [0.25, 0.3) is 0 Å². The highest BCUT2D eigenvalue weighted by Crippen LogP contribution is 2.45. The maximum atomic E-state index is 11.2. The predicted octanol–water partition coefficient (Wildman–Crippen LogP) is 0.412. The Kier molecular flexibility index (Phi) is 3.55. The highest BCUT2D eigenvalue weighted by atomic mass is 31.2. The van der Waals surface area contributed by atoms with Crippen molar-refractivity contribution in [3.8, 4) is 0 Å². The zero-order valence-electron chi connectivity index (χ0n) is 6.56. The highest BCUT2D eigenvalue weighted by molar-refractivity contribution is 7.59. The van der Waals surface area contributed by atoms with Crippen LogP contribution >= 0.6 is 7.37 Å². The van der Waals surface area contributed by atoms with Gasteiger partial charge in [-0.1, -0.05) is 19.0 Å². The van der Waals surface area contributed by atoms with Crippen LogP contribution in [0.25, 0.3) is 0 Å². The van der Waals surface area contributed by atoms with Crippen LogP contribution in [0.1, 0.15) is 13.8 Å². The molecule has 5 nitrogen and oxygen atoms in total. The van der Waals surface area contributed by atoms with Crippen molar-refractivity contribution >= 4 is 13.2 Å². The maximum absolute atomic E-state index is 11.2. The molecule has 11 heavy (non-hydrogen) atoms. The second-order valence-corrected chi connectivity index (χ2v) is 5.46. The van der Waals surface area contributed by atoms with Crippen LogP contribution in [0, 0.1) is 0 Å². The fourth-order valence-electron chi connectivity index (χ4n) is 0.446. The smallest absolute Gasteiger partial charge is 0.210 e. The second-order valence-electron chi connectivity index (χ2n) is 2.60. The molecular formula is C5H13N2O3P. The van der Waals surface area contributed by atoms with E-state index in [9.17, 15) is 9.46 Å². The standard InChI is InChI=1S/C5H13N2O3P/c1-4(2)11(9,10)3-5(6)7-8/h4,8H,3H2,1-2H3,(H2,6,7)(H,9,10). The van der Waals surface area contributed by atoms with Crippen LogP contribution in [0.5, 0.6) is 0 Å². The van der Waals surface area contributed by atoms with E-state index in [4.69, 9.17) is 10.9 Å². The zero-order valence-corrected chi connectivity index (χ0v) is 7.45. The van der Waals surface area contributed by atoms with Crippen LogP contribution in [0.15, 0.2) is 5.16 Å². The van der Waals surface area contributed by atoms with E-state index < -0.39 is 7.37 Å². The normalized spacial score (nSPS) is 18.4. The molecule has 0 saturated heterocycles. The minimum Gasteiger partial charge on any atom is -0.409 e. The van der Waals surface area contributed by atoms with E-state index in [2.05, 4.69) is 5.16 Å². The van der Waals surface area contributed by atoms with Gasteiger partial charge in [0, 0.05) is 5.66 Å². The van der Waals surface area contributed by atoms with Crippen molar-refractivity contribution in [3.63, 3.8) is 0 Å². The van der Waals surface area contributed by atoms with E-state index in [-0.39, 0.29) is 17.7 Å². The average molecular weight is 180 g/mol. The summed E-state index contributed by atoms with van der Waals surface area (Å²) in [6, 6.07) is 0. The summed E-state index contributed by atoms with van der Waals surface area (Å²) in [6.07, 6.45) is -0.249. The molecule has 0 spiro atoms. The number of oxime groups is 1. The van der Waals surface area contributed by atoms with E-state index in [1.165, 1.54) is 0 Å². The Morgan fingerprint density at radius 2 is 2.18 bits per heavy atom. The molecule has 0 fully saturated rings. The van der Waals surface area contributed by atoms with Crippen molar-refractivity contribution in [1.82, 2.24) is 0 Å². The first-order valence-corrected chi connectivity index (χ1v) is 5.09. The van der Waals surface area contributed by atoms with Gasteiger partial charge in [-0.2, -0.15) is 0 Å². The first-order chi connectivity index (χ1) is 4.90. The summed E-state index contributed by atoms with van der Waals surface area (Å²) in [4.78, 5) is 9.18. The average Bonchev–Trinajstić information content (AvgIpc) is 1.86. The Morgan fingerprint density at radius 3 is 2.45 bits per heavy atom. The number of nitrogens with two attached hydrogens (primary N) is 1. The van der Waals surface area contributed by atoms with Gasteiger partial charge in [-0.3, -0.25) is 4.57 Å². The molecule has 0 aliphatic heterocycles. The minimum atomic E-state index is -3.25. The van der Waals surface area contributed by atoms with Crippen LogP contribution in [-0.4, -0.2) is 27.8 Å². The van der Waals surface area contributed by atoms with Crippen molar-refractivity contribution in [2.75, 3.05) is 6.16 Å². The summed E-state index contributed by atoms with van der Waals surface area (Å²) in [5.74, 6) is -0.204. The lowest BCUT2D eigenvalue weighted by molar-refractivity contribution is 0.318. The van der Waals surface area contributed by atoms with Crippen molar-refractivity contribution in [3.05, 3.63) is 0 Å². The van der Waals surface area contributed by atoms with Crippen LogP contribution in [-0.2, 0) is 4.57 Å². The summed E-state index contributed by atoms with van der Waals surface area (Å²) in [7, 11) is -3.25. The maximum Gasteiger partial charge on any atom is 0.210 e. The first kappa shape index (κ1) is 10.5. The third kappa shape index (κ3) is 3.39. The van der Waals surface area contributed by atoms with Crippen molar-refractivity contribution < 1.29 is 14.7 Å². The molecule has 6 heteroatoms. The molecule has 1 atom stereocenters. The van der Waals surface area contributed by atoms with Gasteiger partial charge in [-0.05, 0) is 0 Å². The number of hydrogen-bond donors (Lipinski definition) is 3. The molecule has 0 heterocycles. The van der Waals surface area contributed by atoms with Gasteiger partial charge in [0.15, 0.2) is 0 Å². The van der Waals surface area contributed by atoms with Crippen LogP contribution in [0.4, 0.5) is 0 Å². The van der Waals surface area contributed by atoms with E-state index in [0.29, 0.717) is 0 Å². The highest BCUT2D eigenvalue weighted by Gasteiger charge is 2.24. The molecule has 0 bridgehead atoms. The van der Waals surface area contributed by atoms with Crippen LogP contribution in [0.3, 0.4) is 0 Å². The van der Waals surface area contributed by atoms with E-state index in [1.54, 1.807) is 13.8 Å². The quantitative estimate of drug-likeness (QED) is 0.193. The number of rotatable bonds is 3. The fourth-order valence-corrected chi connectivity index (χ4v) is 1.34. The van der Waals surface area contributed by atoms with E-state index in [0.717, 1.165) is 0 Å². The zero-order chi connectivity index (χ0) is 9.07. The Hall–Kier alpha value is -0.540. The van der Waals surface area contributed by atoms with Crippen molar-refractivity contribution in [2.24, 2.45) is 10.9 Å². The Labute approximate surface area is 65.4 Å². The largest absolute Gasteiger partial charge is 0.409 e. The van der Waals surface area contributed by atoms with Gasteiger partial charge in [-0.15, -0.1) is 0 Å². The fraction of sp³-hybridized carbons (Fsp3) is 0.800. The van der Waals surface area contributed by atoms with Gasteiger partial charge in [0.2, 0.25) is 7.37 Å². The molecule has 0 radical (unpaired) electrons. The number of hydrogen-bond acceptors (Lipinski definition) is 3. The number of amidine groups is 1. The Balaban J connectivity index is 4.26. The molecule has 0 amide bonds. The van der Waals surface area contributed by atoms with Crippen molar-refractivity contribution in [2.45, 2.75) is 19.5 Å². The number of nitrogens with zero attached hydrogens (tertiary/aromatic N) is 1. The predicted molar refractivity (Wildman–Crippen MR) is 43.2 cm³/mol. The molecule has 0 rings (SSSR count). The molecule has 0 aromatic heterocycles. The lowest BCUT2D eigenvalue weighted by atomic mass is 10.6.